The summed E-state index contributed by atoms with van der Waals surface area (Å²) in [5.41, 5.74) is 7.48. The summed E-state index contributed by atoms with van der Waals surface area (Å²) in [7, 11) is 3.89. The van der Waals surface area contributed by atoms with Gasteiger partial charge in [0.25, 0.3) is 0 Å². The number of benzene rings is 1. The first-order valence-electron chi connectivity index (χ1n) is 6.44. The molecule has 0 radical (unpaired) electrons. The van der Waals surface area contributed by atoms with Gasteiger partial charge in [0.1, 0.15) is 5.82 Å². The number of para-hydroxylation sites is 2. The lowest BCUT2D eigenvalue weighted by Crippen LogP contribution is -2.42. The summed E-state index contributed by atoms with van der Waals surface area (Å²) >= 11 is 0. The SMILES string of the molecule is CC[C@H](C(N)=O)N(C)Cc1nc2ccccc2n1C. The highest BCUT2D eigenvalue weighted by Gasteiger charge is 2.20. The molecule has 0 saturated heterocycles. The van der Waals surface area contributed by atoms with Crippen LogP contribution in [0, 0.1) is 0 Å². The van der Waals surface area contributed by atoms with Gasteiger partial charge in [-0.1, -0.05) is 19.1 Å². The number of hydrogen-bond donors (Lipinski definition) is 1. The van der Waals surface area contributed by atoms with E-state index < -0.39 is 0 Å². The molecular formula is C14H20N4O. The van der Waals surface area contributed by atoms with E-state index in [1.807, 2.05) is 50.2 Å². The van der Waals surface area contributed by atoms with Gasteiger partial charge in [-0.25, -0.2) is 4.98 Å². The number of aromatic nitrogens is 2. The lowest BCUT2D eigenvalue weighted by molar-refractivity contribution is -0.123. The second-order valence-electron chi connectivity index (χ2n) is 4.82. The van der Waals surface area contributed by atoms with Gasteiger partial charge < -0.3 is 10.3 Å². The highest BCUT2D eigenvalue weighted by molar-refractivity contribution is 5.79. The van der Waals surface area contributed by atoms with Gasteiger partial charge in [0.15, 0.2) is 0 Å². The van der Waals surface area contributed by atoms with Crippen LogP contribution in [0.3, 0.4) is 0 Å². The Kier molecular flexibility index (Phi) is 3.85. The number of likely N-dealkylation sites (N-methyl/N-ethyl adjacent to an activating group) is 1. The molecule has 2 N–H and O–H groups in total. The number of primary amides is 1. The molecule has 102 valence electrons. The predicted molar refractivity (Wildman–Crippen MR) is 75.5 cm³/mol. The lowest BCUT2D eigenvalue weighted by Gasteiger charge is -2.23. The molecule has 0 aliphatic carbocycles. The van der Waals surface area contributed by atoms with Crippen LogP contribution in [0.4, 0.5) is 0 Å². The molecule has 2 rings (SSSR count). The first-order valence-corrected chi connectivity index (χ1v) is 6.44. The Bertz CT molecular complexity index is 590. The van der Waals surface area contributed by atoms with Crippen LogP contribution in [0.25, 0.3) is 11.0 Å². The minimum absolute atomic E-state index is 0.250. The molecule has 5 nitrogen and oxygen atoms in total. The van der Waals surface area contributed by atoms with Crippen LogP contribution in [0.2, 0.25) is 0 Å². The third kappa shape index (κ3) is 2.61. The van der Waals surface area contributed by atoms with Crippen molar-refractivity contribution in [2.24, 2.45) is 12.8 Å². The number of nitrogens with zero attached hydrogens (tertiary/aromatic N) is 3. The second-order valence-corrected chi connectivity index (χ2v) is 4.82. The maximum atomic E-state index is 11.4. The molecule has 2 aromatic rings. The van der Waals surface area contributed by atoms with E-state index in [1.54, 1.807) is 0 Å². The molecule has 1 amide bonds. The zero-order valence-electron chi connectivity index (χ0n) is 11.6. The van der Waals surface area contributed by atoms with Gasteiger partial charge in [-0.05, 0) is 25.6 Å². The normalized spacial score (nSPS) is 13.1. The van der Waals surface area contributed by atoms with E-state index in [-0.39, 0.29) is 11.9 Å². The van der Waals surface area contributed by atoms with E-state index in [0.29, 0.717) is 13.0 Å². The molecule has 1 aromatic heterocycles. The molecule has 19 heavy (non-hydrogen) atoms. The van der Waals surface area contributed by atoms with Crippen molar-refractivity contribution in [3.8, 4) is 0 Å². The summed E-state index contributed by atoms with van der Waals surface area (Å²) < 4.78 is 2.06. The second kappa shape index (κ2) is 5.40. The average Bonchev–Trinajstić information content (AvgIpc) is 2.67. The fourth-order valence-electron chi connectivity index (χ4n) is 2.40. The van der Waals surface area contributed by atoms with Gasteiger partial charge in [-0.2, -0.15) is 0 Å². The first-order chi connectivity index (χ1) is 9.04. The van der Waals surface area contributed by atoms with Gasteiger partial charge in [0, 0.05) is 7.05 Å². The zero-order valence-corrected chi connectivity index (χ0v) is 11.6. The first kappa shape index (κ1) is 13.5. The number of rotatable bonds is 5. The number of fused-ring (bicyclic) bond motifs is 1. The molecule has 0 saturated carbocycles. The molecule has 1 atom stereocenters. The molecule has 1 aromatic carbocycles. The molecule has 1 heterocycles. The fraction of sp³-hybridized carbons (Fsp3) is 0.429. The number of amides is 1. The summed E-state index contributed by atoms with van der Waals surface area (Å²) in [4.78, 5) is 17.9. The smallest absolute Gasteiger partial charge is 0.234 e. The van der Waals surface area contributed by atoms with Crippen LogP contribution in [-0.2, 0) is 18.4 Å². The van der Waals surface area contributed by atoms with E-state index in [1.165, 1.54) is 0 Å². The molecule has 0 unspecified atom stereocenters. The van der Waals surface area contributed by atoms with E-state index in [0.717, 1.165) is 16.9 Å². The van der Waals surface area contributed by atoms with Crippen molar-refractivity contribution in [1.29, 1.82) is 0 Å². The number of nitrogens with two attached hydrogens (primary N) is 1. The number of aryl methyl sites for hydroxylation is 1. The number of hydrogen-bond acceptors (Lipinski definition) is 3. The quantitative estimate of drug-likeness (QED) is 0.880. The van der Waals surface area contributed by atoms with Crippen molar-refractivity contribution in [2.75, 3.05) is 7.05 Å². The van der Waals surface area contributed by atoms with E-state index in [4.69, 9.17) is 5.73 Å². The van der Waals surface area contributed by atoms with Crippen molar-refractivity contribution < 1.29 is 4.79 Å². The molecule has 0 fully saturated rings. The van der Waals surface area contributed by atoms with Gasteiger partial charge >= 0.3 is 0 Å². The van der Waals surface area contributed by atoms with Crippen LogP contribution in [0.15, 0.2) is 24.3 Å². The van der Waals surface area contributed by atoms with Gasteiger partial charge in [-0.3, -0.25) is 9.69 Å². The zero-order chi connectivity index (χ0) is 14.0. The summed E-state index contributed by atoms with van der Waals surface area (Å²) in [5, 5.41) is 0. The van der Waals surface area contributed by atoms with Gasteiger partial charge in [0.05, 0.1) is 23.6 Å². The maximum absolute atomic E-state index is 11.4. The van der Waals surface area contributed by atoms with E-state index >= 15 is 0 Å². The van der Waals surface area contributed by atoms with Crippen LogP contribution in [0.5, 0.6) is 0 Å². The topological polar surface area (TPSA) is 64.2 Å². The number of imidazole rings is 1. The minimum atomic E-state index is -0.288. The van der Waals surface area contributed by atoms with Crippen molar-refractivity contribution in [3.63, 3.8) is 0 Å². The van der Waals surface area contributed by atoms with Crippen molar-refractivity contribution >= 4 is 16.9 Å². The van der Waals surface area contributed by atoms with Crippen LogP contribution < -0.4 is 5.73 Å². The molecule has 5 heteroatoms. The van der Waals surface area contributed by atoms with Crippen LogP contribution in [-0.4, -0.2) is 33.4 Å². The van der Waals surface area contributed by atoms with Crippen LogP contribution in [0.1, 0.15) is 19.2 Å². The van der Waals surface area contributed by atoms with Gasteiger partial charge in [-0.15, -0.1) is 0 Å². The summed E-state index contributed by atoms with van der Waals surface area (Å²) in [6.45, 7) is 2.56. The molecule has 0 spiro atoms. The van der Waals surface area contributed by atoms with Crippen molar-refractivity contribution in [1.82, 2.24) is 14.5 Å². The van der Waals surface area contributed by atoms with E-state index in [2.05, 4.69) is 9.55 Å². The van der Waals surface area contributed by atoms with Crippen LogP contribution >= 0.6 is 0 Å². The summed E-state index contributed by atoms with van der Waals surface area (Å²) in [5.74, 6) is 0.646. The highest BCUT2D eigenvalue weighted by Crippen LogP contribution is 2.16. The number of carbonyl (C=O) groups is 1. The predicted octanol–water partition coefficient (Wildman–Crippen LogP) is 1.27. The van der Waals surface area contributed by atoms with Crippen molar-refractivity contribution in [3.05, 3.63) is 30.1 Å². The third-order valence-corrected chi connectivity index (χ3v) is 3.52. The Hall–Kier alpha value is -1.88. The Balaban J connectivity index is 2.26. The minimum Gasteiger partial charge on any atom is -0.368 e. The summed E-state index contributed by atoms with van der Waals surface area (Å²) in [6, 6.07) is 7.75. The molecule has 0 aliphatic rings. The third-order valence-electron chi connectivity index (χ3n) is 3.52. The molecule has 0 aliphatic heterocycles. The number of carbonyl (C=O) groups excluding carboxylic acids is 1. The monoisotopic (exact) mass is 260 g/mol. The highest BCUT2D eigenvalue weighted by atomic mass is 16.1. The standard InChI is InChI=1S/C14H20N4O/c1-4-11(14(15)19)17(2)9-13-16-10-7-5-6-8-12(10)18(13)3/h5-8,11H,4,9H2,1-3H3,(H2,15,19)/t11-/m1/s1. The lowest BCUT2D eigenvalue weighted by atomic mass is 10.2. The largest absolute Gasteiger partial charge is 0.368 e. The Morgan fingerprint density at radius 3 is 2.74 bits per heavy atom. The maximum Gasteiger partial charge on any atom is 0.234 e. The summed E-state index contributed by atoms with van der Waals surface area (Å²) in [6.07, 6.45) is 0.704. The Morgan fingerprint density at radius 1 is 1.47 bits per heavy atom. The van der Waals surface area contributed by atoms with Gasteiger partial charge in [0.2, 0.25) is 5.91 Å². The molecule has 0 bridgehead atoms. The van der Waals surface area contributed by atoms with Crippen molar-refractivity contribution in [2.45, 2.75) is 25.9 Å². The van der Waals surface area contributed by atoms with E-state index in [9.17, 15) is 4.79 Å². The fourth-order valence-corrected chi connectivity index (χ4v) is 2.40. The Morgan fingerprint density at radius 2 is 2.16 bits per heavy atom. The average molecular weight is 260 g/mol. The molecular weight excluding hydrogens is 240 g/mol. The Labute approximate surface area is 113 Å².